The third-order valence-electron chi connectivity index (χ3n) is 5.08. The molecule has 30 heavy (non-hydrogen) atoms. The summed E-state index contributed by atoms with van der Waals surface area (Å²) in [7, 11) is -3.78. The van der Waals surface area contributed by atoms with Gasteiger partial charge in [0.25, 0.3) is 0 Å². The van der Waals surface area contributed by atoms with Crippen LogP contribution in [-0.2, 0) is 15.4 Å². The Morgan fingerprint density at radius 3 is 1.63 bits per heavy atom. The maximum atomic E-state index is 13.2. The summed E-state index contributed by atoms with van der Waals surface area (Å²) in [6, 6.07) is 24.9. The van der Waals surface area contributed by atoms with Crippen molar-refractivity contribution in [2.45, 2.75) is 43.2 Å². The van der Waals surface area contributed by atoms with Crippen molar-refractivity contribution in [3.8, 4) is 0 Å². The number of hydrogen-bond donors (Lipinski definition) is 2. The van der Waals surface area contributed by atoms with Gasteiger partial charge in [-0.15, -0.1) is 0 Å². The van der Waals surface area contributed by atoms with Crippen molar-refractivity contribution in [1.29, 1.82) is 0 Å². The van der Waals surface area contributed by atoms with Crippen molar-refractivity contribution in [3.05, 3.63) is 102 Å². The summed E-state index contributed by atoms with van der Waals surface area (Å²) >= 11 is 6.11. The first-order chi connectivity index (χ1) is 14.2. The highest BCUT2D eigenvalue weighted by molar-refractivity contribution is 7.89. The van der Waals surface area contributed by atoms with Gasteiger partial charge in [-0.05, 0) is 46.0 Å². The molecule has 0 fully saturated rings. The predicted octanol–water partition coefficient (Wildman–Crippen LogP) is 5.49. The average molecular weight is 443 g/mol. The number of rotatable bonds is 7. The molecule has 0 unspecified atom stereocenters. The molecular formula is C24H27ClN2O2S. The molecule has 0 amide bonds. The second kappa shape index (κ2) is 9.31. The van der Waals surface area contributed by atoms with Crippen LogP contribution in [-0.4, -0.2) is 8.42 Å². The zero-order valence-corrected chi connectivity index (χ0v) is 18.9. The zero-order valence-electron chi connectivity index (χ0n) is 17.3. The molecule has 3 aromatic rings. The van der Waals surface area contributed by atoms with E-state index in [1.54, 1.807) is 12.1 Å². The summed E-state index contributed by atoms with van der Waals surface area (Å²) in [5.41, 5.74) is 2.72. The fourth-order valence-electron chi connectivity index (χ4n) is 3.34. The lowest BCUT2D eigenvalue weighted by molar-refractivity contribution is 0.482. The van der Waals surface area contributed by atoms with Crippen molar-refractivity contribution >= 4 is 21.8 Å². The molecule has 0 saturated carbocycles. The topological polar surface area (TPSA) is 58.2 Å². The molecular weight excluding hydrogens is 416 g/mol. The molecule has 3 rings (SSSR count). The van der Waals surface area contributed by atoms with Crippen LogP contribution in [0.25, 0.3) is 0 Å². The minimum atomic E-state index is -3.78. The van der Waals surface area contributed by atoms with E-state index in [-0.39, 0.29) is 10.3 Å². The molecule has 3 aromatic carbocycles. The van der Waals surface area contributed by atoms with E-state index >= 15 is 0 Å². The van der Waals surface area contributed by atoms with Gasteiger partial charge in [0.15, 0.2) is 0 Å². The van der Waals surface area contributed by atoms with Crippen LogP contribution in [0.3, 0.4) is 0 Å². The molecule has 0 aliphatic carbocycles. The molecule has 0 aromatic heterocycles. The minimum absolute atomic E-state index is 0.0523. The number of sulfonamides is 1. The van der Waals surface area contributed by atoms with Crippen molar-refractivity contribution in [1.82, 2.24) is 9.56 Å². The van der Waals surface area contributed by atoms with E-state index in [1.807, 2.05) is 72.8 Å². The molecule has 0 aliphatic heterocycles. The number of hydrogen-bond acceptors (Lipinski definition) is 3. The van der Waals surface area contributed by atoms with Gasteiger partial charge >= 0.3 is 0 Å². The van der Waals surface area contributed by atoms with E-state index in [1.165, 1.54) is 0 Å². The lowest BCUT2D eigenvalue weighted by atomic mass is 9.87. The standard InChI is InChI=1S/C24H27ClN2O2S/c1-24(2,3)20-14-16-21(17-15-20)30(28,29)27-23(19-12-8-5-9-13-19)22(26-25)18-10-6-4-7-11-18/h4-17,22-23,26-27H,1-3H3/t22-,23-/m1/s1. The molecule has 0 radical (unpaired) electrons. The van der Waals surface area contributed by atoms with Gasteiger partial charge in [0.2, 0.25) is 10.0 Å². The van der Waals surface area contributed by atoms with Crippen LogP contribution in [0.15, 0.2) is 89.8 Å². The normalized spacial score (nSPS) is 14.3. The minimum Gasteiger partial charge on any atom is -0.224 e. The fourth-order valence-corrected chi connectivity index (χ4v) is 4.83. The highest BCUT2D eigenvalue weighted by atomic mass is 35.5. The van der Waals surface area contributed by atoms with Gasteiger partial charge in [-0.2, -0.15) is 0 Å². The Labute approximate surface area is 184 Å². The Morgan fingerprint density at radius 2 is 1.20 bits per heavy atom. The summed E-state index contributed by atoms with van der Waals surface area (Å²) < 4.78 is 29.4. The van der Waals surface area contributed by atoms with Crippen LogP contribution in [0.4, 0.5) is 0 Å². The molecule has 0 heterocycles. The molecule has 2 N–H and O–H groups in total. The second-order valence-corrected chi connectivity index (χ2v) is 10.2. The van der Waals surface area contributed by atoms with Crippen LogP contribution in [0.2, 0.25) is 0 Å². The van der Waals surface area contributed by atoms with E-state index in [4.69, 9.17) is 11.8 Å². The molecule has 0 aliphatic rings. The summed E-state index contributed by atoms with van der Waals surface area (Å²) in [5.74, 6) is 0. The van der Waals surface area contributed by atoms with Gasteiger partial charge in [-0.3, -0.25) is 0 Å². The first kappa shape index (κ1) is 22.5. The van der Waals surface area contributed by atoms with Crippen LogP contribution < -0.4 is 9.56 Å². The van der Waals surface area contributed by atoms with E-state index in [0.717, 1.165) is 16.7 Å². The third-order valence-corrected chi connectivity index (χ3v) is 6.77. The average Bonchev–Trinajstić information content (AvgIpc) is 2.74. The maximum absolute atomic E-state index is 13.2. The van der Waals surface area contributed by atoms with Crippen molar-refractivity contribution in [3.63, 3.8) is 0 Å². The first-order valence-corrected chi connectivity index (χ1v) is 11.7. The fraction of sp³-hybridized carbons (Fsp3) is 0.250. The predicted molar refractivity (Wildman–Crippen MR) is 123 cm³/mol. The Kier molecular flexibility index (Phi) is 6.98. The monoisotopic (exact) mass is 442 g/mol. The van der Waals surface area contributed by atoms with Gasteiger partial charge in [-0.1, -0.05) is 93.6 Å². The van der Waals surface area contributed by atoms with Gasteiger partial charge in [0.05, 0.1) is 17.0 Å². The summed E-state index contributed by atoms with van der Waals surface area (Å²) in [6.45, 7) is 6.28. The summed E-state index contributed by atoms with van der Waals surface area (Å²) in [6.07, 6.45) is 0. The molecule has 4 nitrogen and oxygen atoms in total. The Bertz CT molecular complexity index is 1050. The van der Waals surface area contributed by atoms with Crippen molar-refractivity contribution in [2.24, 2.45) is 0 Å². The van der Waals surface area contributed by atoms with Gasteiger partial charge in [0.1, 0.15) is 0 Å². The molecule has 2 atom stereocenters. The number of halogens is 1. The molecule has 158 valence electrons. The van der Waals surface area contributed by atoms with Crippen LogP contribution in [0, 0.1) is 0 Å². The van der Waals surface area contributed by atoms with Crippen molar-refractivity contribution < 1.29 is 8.42 Å². The molecule has 0 saturated heterocycles. The third kappa shape index (κ3) is 5.29. The van der Waals surface area contributed by atoms with E-state index in [9.17, 15) is 8.42 Å². The van der Waals surface area contributed by atoms with Crippen LogP contribution in [0.5, 0.6) is 0 Å². The van der Waals surface area contributed by atoms with Gasteiger partial charge < -0.3 is 0 Å². The SMILES string of the molecule is CC(C)(C)c1ccc(S(=O)(=O)N[C@H](c2ccccc2)[C@H](NCl)c2ccccc2)cc1. The molecule has 0 spiro atoms. The van der Waals surface area contributed by atoms with Crippen LogP contribution in [0.1, 0.15) is 49.5 Å². The van der Waals surface area contributed by atoms with Gasteiger partial charge in [0, 0.05) is 0 Å². The highest BCUT2D eigenvalue weighted by Gasteiger charge is 2.29. The lowest BCUT2D eigenvalue weighted by Gasteiger charge is -2.28. The van der Waals surface area contributed by atoms with Crippen molar-refractivity contribution in [2.75, 3.05) is 0 Å². The largest absolute Gasteiger partial charge is 0.241 e. The Hall–Kier alpha value is -2.18. The lowest BCUT2D eigenvalue weighted by Crippen LogP contribution is -2.36. The second-order valence-electron chi connectivity index (χ2n) is 8.28. The van der Waals surface area contributed by atoms with Crippen LogP contribution >= 0.6 is 11.8 Å². The van der Waals surface area contributed by atoms with E-state index in [0.29, 0.717) is 0 Å². The maximum Gasteiger partial charge on any atom is 0.241 e. The van der Waals surface area contributed by atoms with E-state index in [2.05, 4.69) is 30.3 Å². The molecule has 6 heteroatoms. The summed E-state index contributed by atoms with van der Waals surface area (Å²) in [5, 5.41) is 0. The quantitative estimate of drug-likeness (QED) is 0.476. The smallest absolute Gasteiger partial charge is 0.224 e. The van der Waals surface area contributed by atoms with Gasteiger partial charge in [-0.25, -0.2) is 18.0 Å². The number of nitrogens with one attached hydrogen (secondary N) is 2. The van der Waals surface area contributed by atoms with E-state index < -0.39 is 22.1 Å². The zero-order chi connectivity index (χ0) is 21.8. The molecule has 0 bridgehead atoms. The Balaban J connectivity index is 1.98. The number of benzene rings is 3. The summed E-state index contributed by atoms with van der Waals surface area (Å²) in [4.78, 5) is 2.99. The first-order valence-electron chi connectivity index (χ1n) is 9.81. The Morgan fingerprint density at radius 1 is 0.733 bits per heavy atom. The highest BCUT2D eigenvalue weighted by Crippen LogP contribution is 2.31.